The van der Waals surface area contributed by atoms with Crippen molar-refractivity contribution in [1.82, 2.24) is 19.9 Å². The van der Waals surface area contributed by atoms with Crippen molar-refractivity contribution in [1.29, 1.82) is 0 Å². The van der Waals surface area contributed by atoms with E-state index in [1.807, 2.05) is 42.8 Å². The second-order valence-electron chi connectivity index (χ2n) is 10.0. The monoisotopic (exact) mass is 585 g/mol. The summed E-state index contributed by atoms with van der Waals surface area (Å²) >= 11 is 3.46. The number of ether oxygens (including phenoxy) is 1. The van der Waals surface area contributed by atoms with Crippen LogP contribution in [0.4, 0.5) is 15.8 Å². The van der Waals surface area contributed by atoms with Crippen LogP contribution >= 0.6 is 15.9 Å². The Labute approximate surface area is 230 Å². The molecule has 1 amide bonds. The fraction of sp³-hybridized carbons (Fsp3) is 0.429. The molecule has 0 saturated heterocycles. The summed E-state index contributed by atoms with van der Waals surface area (Å²) in [5, 5.41) is 3.14. The van der Waals surface area contributed by atoms with Crippen molar-refractivity contribution in [3.8, 4) is 0 Å². The quantitative estimate of drug-likeness (QED) is 0.211. The van der Waals surface area contributed by atoms with E-state index in [2.05, 4.69) is 36.6 Å². The molecule has 0 unspecified atom stereocenters. The SMILES string of the molecule is CC1=CN(CCCCn2cnc3c(F)c(Nc4ccc(Br)cc4C)c(C(=O)NOCC4CC4)cc32)CCO1. The zero-order valence-corrected chi connectivity index (χ0v) is 23.3. The molecule has 2 aliphatic rings. The highest BCUT2D eigenvalue weighted by atomic mass is 79.9. The number of aromatic nitrogens is 2. The predicted molar refractivity (Wildman–Crippen MR) is 149 cm³/mol. The van der Waals surface area contributed by atoms with Gasteiger partial charge in [-0.3, -0.25) is 9.63 Å². The van der Waals surface area contributed by atoms with Gasteiger partial charge >= 0.3 is 0 Å². The molecule has 202 valence electrons. The summed E-state index contributed by atoms with van der Waals surface area (Å²) in [4.78, 5) is 25.2. The van der Waals surface area contributed by atoms with E-state index >= 15 is 4.39 Å². The number of benzene rings is 2. The van der Waals surface area contributed by atoms with Gasteiger partial charge in [-0.2, -0.15) is 0 Å². The van der Waals surface area contributed by atoms with Gasteiger partial charge < -0.3 is 19.5 Å². The van der Waals surface area contributed by atoms with E-state index in [1.165, 1.54) is 0 Å². The number of hydroxylamine groups is 1. The minimum absolute atomic E-state index is 0.0789. The number of carbonyl (C=O) groups excluding carboxylic acids is 1. The van der Waals surface area contributed by atoms with Crippen LogP contribution in [0.25, 0.3) is 11.0 Å². The molecule has 2 heterocycles. The zero-order valence-electron chi connectivity index (χ0n) is 21.7. The van der Waals surface area contributed by atoms with Gasteiger partial charge in [-0.15, -0.1) is 0 Å². The van der Waals surface area contributed by atoms with E-state index < -0.39 is 11.7 Å². The first kappa shape index (κ1) is 26.5. The number of allylic oxidation sites excluding steroid dienone is 1. The van der Waals surface area contributed by atoms with Gasteiger partial charge in [0.25, 0.3) is 5.91 Å². The average Bonchev–Trinajstić information content (AvgIpc) is 3.62. The predicted octanol–water partition coefficient (Wildman–Crippen LogP) is 6.04. The molecule has 5 rings (SSSR count). The largest absolute Gasteiger partial charge is 0.495 e. The maximum Gasteiger partial charge on any atom is 0.277 e. The molecule has 2 N–H and O–H groups in total. The Kier molecular flexibility index (Phi) is 8.18. The fourth-order valence-electron chi connectivity index (χ4n) is 4.56. The van der Waals surface area contributed by atoms with E-state index in [-0.39, 0.29) is 16.8 Å². The first-order valence-corrected chi connectivity index (χ1v) is 13.9. The summed E-state index contributed by atoms with van der Waals surface area (Å²) in [6, 6.07) is 7.34. The number of nitrogens with one attached hydrogen (secondary N) is 2. The highest BCUT2D eigenvalue weighted by Gasteiger charge is 2.25. The van der Waals surface area contributed by atoms with Crippen LogP contribution in [0, 0.1) is 18.7 Å². The third-order valence-corrected chi connectivity index (χ3v) is 7.39. The van der Waals surface area contributed by atoms with Gasteiger partial charge in [0.1, 0.15) is 17.9 Å². The van der Waals surface area contributed by atoms with Crippen LogP contribution in [-0.2, 0) is 16.1 Å². The van der Waals surface area contributed by atoms with Crippen molar-refractivity contribution in [3.05, 3.63) is 64.0 Å². The number of anilines is 2. The number of fused-ring (bicyclic) bond motifs is 1. The maximum atomic E-state index is 15.9. The molecule has 0 bridgehead atoms. The van der Waals surface area contributed by atoms with Crippen molar-refractivity contribution in [3.63, 3.8) is 0 Å². The van der Waals surface area contributed by atoms with Crippen LogP contribution in [-0.4, -0.2) is 46.7 Å². The zero-order chi connectivity index (χ0) is 26.6. The topological polar surface area (TPSA) is 80.7 Å². The second-order valence-corrected chi connectivity index (χ2v) is 10.9. The van der Waals surface area contributed by atoms with Gasteiger partial charge in [-0.25, -0.2) is 14.9 Å². The number of nitrogens with zero attached hydrogens (tertiary/aromatic N) is 3. The highest BCUT2D eigenvalue weighted by molar-refractivity contribution is 9.10. The van der Waals surface area contributed by atoms with Gasteiger partial charge in [0.15, 0.2) is 5.82 Å². The van der Waals surface area contributed by atoms with Gasteiger partial charge in [-0.1, -0.05) is 15.9 Å². The molecular weight excluding hydrogens is 553 g/mol. The van der Waals surface area contributed by atoms with Crippen molar-refractivity contribution in [2.75, 3.05) is 31.6 Å². The molecule has 1 saturated carbocycles. The van der Waals surface area contributed by atoms with Crippen molar-refractivity contribution >= 4 is 44.2 Å². The number of hydrogen-bond donors (Lipinski definition) is 2. The van der Waals surface area contributed by atoms with Crippen molar-refractivity contribution in [2.24, 2.45) is 5.92 Å². The summed E-state index contributed by atoms with van der Waals surface area (Å²) in [6.07, 6.45) is 7.76. The molecule has 1 aliphatic heterocycles. The molecule has 38 heavy (non-hydrogen) atoms. The van der Waals surface area contributed by atoms with Crippen LogP contribution in [0.5, 0.6) is 0 Å². The molecule has 0 atom stereocenters. The summed E-state index contributed by atoms with van der Waals surface area (Å²) in [6.45, 7) is 7.52. The third-order valence-electron chi connectivity index (χ3n) is 6.90. The van der Waals surface area contributed by atoms with E-state index in [0.29, 0.717) is 36.9 Å². The smallest absolute Gasteiger partial charge is 0.277 e. The first-order chi connectivity index (χ1) is 18.4. The normalized spacial score (nSPS) is 15.4. The van der Waals surface area contributed by atoms with Crippen molar-refractivity contribution < 1.29 is 18.8 Å². The Morgan fingerprint density at radius 2 is 2.05 bits per heavy atom. The standard InChI is InChI=1S/C28H33BrFN5O3/c1-18-13-21(29)7-8-23(18)32-26-22(28(36)33-38-16-20-5-6-20)14-24-27(25(26)30)31-17-35(24)10-4-3-9-34-11-12-37-19(2)15-34/h7-8,13-15,17,20,32H,3-6,9-12,16H2,1-2H3,(H,33,36). The summed E-state index contributed by atoms with van der Waals surface area (Å²) in [5.41, 5.74) is 5.17. The Hall–Kier alpha value is -3.11. The summed E-state index contributed by atoms with van der Waals surface area (Å²) < 4.78 is 24.2. The Balaban J connectivity index is 1.37. The average molecular weight is 587 g/mol. The Morgan fingerprint density at radius 1 is 1.24 bits per heavy atom. The molecule has 2 aromatic carbocycles. The second kappa shape index (κ2) is 11.7. The number of unbranched alkanes of at least 4 members (excludes halogenated alkanes) is 1. The van der Waals surface area contributed by atoms with E-state index in [1.54, 1.807) is 12.4 Å². The Morgan fingerprint density at radius 3 is 2.82 bits per heavy atom. The number of rotatable bonds is 11. The molecule has 1 aromatic heterocycles. The third kappa shape index (κ3) is 6.30. The Bertz CT molecular complexity index is 1350. The van der Waals surface area contributed by atoms with Crippen LogP contribution in [0.3, 0.4) is 0 Å². The highest BCUT2D eigenvalue weighted by Crippen LogP contribution is 2.33. The lowest BCUT2D eigenvalue weighted by Crippen LogP contribution is -2.27. The molecule has 1 aliphatic carbocycles. The molecule has 3 aromatic rings. The fourth-order valence-corrected chi connectivity index (χ4v) is 5.04. The number of aryl methyl sites for hydroxylation is 2. The van der Waals surface area contributed by atoms with Crippen LogP contribution in [0.1, 0.15) is 48.5 Å². The van der Waals surface area contributed by atoms with Crippen LogP contribution < -0.4 is 10.8 Å². The lowest BCUT2D eigenvalue weighted by Gasteiger charge is -2.26. The minimum Gasteiger partial charge on any atom is -0.495 e. The lowest BCUT2D eigenvalue weighted by molar-refractivity contribution is 0.0271. The van der Waals surface area contributed by atoms with Crippen LogP contribution in [0.15, 0.2) is 47.0 Å². The molecule has 10 heteroatoms. The summed E-state index contributed by atoms with van der Waals surface area (Å²) in [7, 11) is 0. The van der Waals surface area contributed by atoms with E-state index in [4.69, 9.17) is 9.57 Å². The molecule has 1 fully saturated rings. The van der Waals surface area contributed by atoms with Crippen molar-refractivity contribution in [2.45, 2.75) is 46.1 Å². The first-order valence-electron chi connectivity index (χ1n) is 13.1. The number of carbonyl (C=O) groups is 1. The minimum atomic E-state index is -0.565. The number of halogens is 2. The molecular formula is C28H33BrFN5O3. The summed E-state index contributed by atoms with van der Waals surface area (Å²) in [5.74, 6) is 0.355. The van der Waals surface area contributed by atoms with Gasteiger partial charge in [-0.05, 0) is 75.3 Å². The van der Waals surface area contributed by atoms with Gasteiger partial charge in [0.05, 0.1) is 36.2 Å². The van der Waals surface area contributed by atoms with E-state index in [0.717, 1.165) is 54.6 Å². The molecule has 0 spiro atoms. The van der Waals surface area contributed by atoms with Crippen LogP contribution in [0.2, 0.25) is 0 Å². The lowest BCUT2D eigenvalue weighted by atomic mass is 10.1. The van der Waals surface area contributed by atoms with E-state index in [9.17, 15) is 4.79 Å². The molecule has 8 nitrogen and oxygen atoms in total. The number of imidazole rings is 1. The number of amides is 1. The van der Waals surface area contributed by atoms with Gasteiger partial charge in [0, 0.05) is 29.4 Å². The maximum absolute atomic E-state index is 15.9. The van der Waals surface area contributed by atoms with Gasteiger partial charge in [0.2, 0.25) is 0 Å². The molecule has 0 radical (unpaired) electrons. The number of hydrogen-bond acceptors (Lipinski definition) is 6.